The van der Waals surface area contributed by atoms with Crippen LogP contribution in [0.1, 0.15) is 89.3 Å². The van der Waals surface area contributed by atoms with Crippen LogP contribution in [-0.2, 0) is 17.0 Å². The highest BCUT2D eigenvalue weighted by Gasteiger charge is 2.28. The van der Waals surface area contributed by atoms with E-state index in [1.165, 1.54) is 64.8 Å². The quantitative estimate of drug-likeness (QED) is 0.143. The zero-order chi connectivity index (χ0) is 31.5. The Morgan fingerprint density at radius 1 is 0.978 bits per heavy atom. The lowest BCUT2D eigenvalue weighted by molar-refractivity contribution is 0.0527. The van der Waals surface area contributed by atoms with Crippen molar-refractivity contribution in [3.63, 3.8) is 0 Å². The molecule has 0 unspecified atom stereocenters. The first kappa shape index (κ1) is 34.2. The van der Waals surface area contributed by atoms with Crippen molar-refractivity contribution in [3.8, 4) is 5.75 Å². The number of rotatable bonds is 9. The van der Waals surface area contributed by atoms with E-state index < -0.39 is 0 Å². The Kier molecular flexibility index (Phi) is 11.2. The molecule has 5 nitrogen and oxygen atoms in total. The number of aromatic nitrogens is 1. The molecule has 1 N–H and O–H groups in total. The molecular weight excluding hydrogens is 612 g/mol. The lowest BCUT2D eigenvalue weighted by Gasteiger charge is -2.36. The number of hydrogen-bond donors (Lipinski definition) is 1. The molecule has 1 saturated carbocycles. The van der Waals surface area contributed by atoms with Gasteiger partial charge in [0, 0.05) is 53.0 Å². The van der Waals surface area contributed by atoms with E-state index in [2.05, 4.69) is 84.8 Å². The van der Waals surface area contributed by atoms with E-state index >= 15 is 0 Å². The van der Waals surface area contributed by atoms with Crippen LogP contribution in [0.4, 0.5) is 0 Å². The number of fused-ring (bicyclic) bond motifs is 1. The molecule has 0 radical (unpaired) electrons. The van der Waals surface area contributed by atoms with Crippen LogP contribution < -0.4 is 0 Å². The van der Waals surface area contributed by atoms with Gasteiger partial charge < -0.3 is 14.4 Å². The lowest BCUT2D eigenvalue weighted by atomic mass is 9.91. The minimum atomic E-state index is -0.339. The second kappa shape index (κ2) is 15.1. The Morgan fingerprint density at radius 3 is 2.39 bits per heavy atom. The Morgan fingerprint density at radius 2 is 1.72 bits per heavy atom. The topological polar surface area (TPSA) is 54.7 Å². The molecule has 2 heterocycles. The summed E-state index contributed by atoms with van der Waals surface area (Å²) in [6.45, 7) is 11.1. The molecule has 0 saturated heterocycles. The lowest BCUT2D eigenvalue weighted by Crippen LogP contribution is -2.39. The highest BCUT2D eigenvalue weighted by molar-refractivity contribution is 7.98. The normalized spacial score (nSPS) is 15.9. The van der Waals surface area contributed by atoms with Gasteiger partial charge in [0.1, 0.15) is 5.75 Å². The van der Waals surface area contributed by atoms with Gasteiger partial charge in [0.2, 0.25) is 0 Å². The van der Waals surface area contributed by atoms with Crippen LogP contribution in [0.5, 0.6) is 5.75 Å². The van der Waals surface area contributed by atoms with Crippen molar-refractivity contribution in [2.75, 3.05) is 19.7 Å². The van der Waals surface area contributed by atoms with E-state index in [1.54, 1.807) is 11.8 Å². The molecule has 1 fully saturated rings. The summed E-state index contributed by atoms with van der Waals surface area (Å²) in [6.07, 6.45) is 9.85. The van der Waals surface area contributed by atoms with Crippen LogP contribution in [0.3, 0.4) is 0 Å². The third-order valence-electron chi connectivity index (χ3n) is 9.60. The maximum absolute atomic E-state index is 13.7. The molecule has 1 aliphatic heterocycles. The second-order valence-electron chi connectivity index (χ2n) is 12.8. The number of nitrogens with zero attached hydrogens (tertiary/aromatic N) is 2. The standard InChI is InChI=1S/C39H46N2O3S.ClH/c1-5-44-39(43)38-33-23-36(42)32(30-17-19-40(20-18-30)31-9-7-6-8-10-31)22-34(33)41(24-29-14-11-26(2)12-15-29)35(38)25-45-37-16-13-27(3)21-28(37)4;/h11-17,21-23,31,42H,5-10,18-20,24-25H2,1-4H3;1H. The summed E-state index contributed by atoms with van der Waals surface area (Å²) in [4.78, 5) is 17.5. The van der Waals surface area contributed by atoms with Gasteiger partial charge in [-0.25, -0.2) is 4.79 Å². The number of aromatic hydroxyl groups is 1. The highest BCUT2D eigenvalue weighted by Crippen LogP contribution is 2.40. The molecular formula is C39H47ClN2O3S. The Labute approximate surface area is 284 Å². The highest BCUT2D eigenvalue weighted by atomic mass is 35.5. The molecule has 46 heavy (non-hydrogen) atoms. The predicted molar refractivity (Wildman–Crippen MR) is 194 cm³/mol. The molecule has 244 valence electrons. The first-order valence-corrected chi connectivity index (χ1v) is 17.5. The van der Waals surface area contributed by atoms with Gasteiger partial charge in [0.25, 0.3) is 0 Å². The van der Waals surface area contributed by atoms with Crippen LogP contribution in [0.2, 0.25) is 0 Å². The first-order valence-electron chi connectivity index (χ1n) is 16.6. The largest absolute Gasteiger partial charge is 0.507 e. The summed E-state index contributed by atoms with van der Waals surface area (Å²) in [7, 11) is 0. The predicted octanol–water partition coefficient (Wildman–Crippen LogP) is 9.63. The smallest absolute Gasteiger partial charge is 0.340 e. The maximum atomic E-state index is 13.7. The summed E-state index contributed by atoms with van der Waals surface area (Å²) in [5.41, 5.74) is 9.34. The molecule has 1 aromatic heterocycles. The minimum absolute atomic E-state index is 0. The zero-order valence-corrected chi connectivity index (χ0v) is 29.2. The number of benzene rings is 3. The Balaban J connectivity index is 0.00000417. The molecule has 0 atom stereocenters. The van der Waals surface area contributed by atoms with Crippen LogP contribution in [-0.4, -0.2) is 46.3 Å². The number of phenolic OH excluding ortho intramolecular Hbond substituents is 1. The average Bonchev–Trinajstić information content (AvgIpc) is 3.33. The average molecular weight is 659 g/mol. The number of hydrogen-bond acceptors (Lipinski definition) is 5. The summed E-state index contributed by atoms with van der Waals surface area (Å²) >= 11 is 1.74. The van der Waals surface area contributed by atoms with E-state index in [1.807, 2.05) is 13.0 Å². The van der Waals surface area contributed by atoms with Gasteiger partial charge in [0.05, 0.1) is 17.7 Å². The van der Waals surface area contributed by atoms with Crippen molar-refractivity contribution >= 4 is 46.6 Å². The van der Waals surface area contributed by atoms with Crippen molar-refractivity contribution in [1.29, 1.82) is 0 Å². The number of thioether (sulfide) groups is 1. The monoisotopic (exact) mass is 658 g/mol. The number of carbonyl (C=O) groups excluding carboxylic acids is 1. The summed E-state index contributed by atoms with van der Waals surface area (Å²) in [5.74, 6) is 0.494. The third kappa shape index (κ3) is 7.35. The van der Waals surface area contributed by atoms with Crippen molar-refractivity contribution in [3.05, 3.63) is 99.7 Å². The first-order chi connectivity index (χ1) is 21.8. The maximum Gasteiger partial charge on any atom is 0.340 e. The van der Waals surface area contributed by atoms with E-state index in [9.17, 15) is 9.90 Å². The number of ether oxygens (including phenoxy) is 1. The van der Waals surface area contributed by atoms with Gasteiger partial charge in [-0.2, -0.15) is 0 Å². The summed E-state index contributed by atoms with van der Waals surface area (Å²) in [6, 6.07) is 19.7. The SMILES string of the molecule is CCOC(=O)c1c(CSc2ccc(C)cc2C)n(Cc2ccc(C)cc2)c2cc(C3=CCN(C4CCCCC4)CC3)c(O)cc12.Cl. The van der Waals surface area contributed by atoms with Gasteiger partial charge in [0.15, 0.2) is 0 Å². The number of halogens is 1. The number of carbonyl (C=O) groups is 1. The molecule has 6 rings (SSSR count). The minimum Gasteiger partial charge on any atom is -0.507 e. The van der Waals surface area contributed by atoms with Crippen LogP contribution in [0.15, 0.2) is 65.6 Å². The molecule has 1 aliphatic carbocycles. The third-order valence-corrected chi connectivity index (χ3v) is 10.8. The molecule has 2 aliphatic rings. The summed E-state index contributed by atoms with van der Waals surface area (Å²) < 4.78 is 7.92. The van der Waals surface area contributed by atoms with E-state index in [4.69, 9.17) is 4.74 Å². The van der Waals surface area contributed by atoms with Crippen molar-refractivity contribution in [2.24, 2.45) is 0 Å². The second-order valence-corrected chi connectivity index (χ2v) is 13.8. The number of phenols is 1. The number of esters is 1. The summed E-state index contributed by atoms with van der Waals surface area (Å²) in [5, 5.41) is 12.2. The van der Waals surface area contributed by atoms with Crippen LogP contribution >= 0.6 is 24.2 Å². The van der Waals surface area contributed by atoms with E-state index in [-0.39, 0.29) is 24.1 Å². The van der Waals surface area contributed by atoms with Gasteiger partial charge in [-0.1, -0.05) is 72.9 Å². The van der Waals surface area contributed by atoms with Gasteiger partial charge in [-0.05, 0) is 81.9 Å². The van der Waals surface area contributed by atoms with Crippen molar-refractivity contribution in [2.45, 2.75) is 89.5 Å². The zero-order valence-electron chi connectivity index (χ0n) is 27.6. The fourth-order valence-corrected chi connectivity index (χ4v) is 8.19. The van der Waals surface area contributed by atoms with Crippen molar-refractivity contribution in [1.82, 2.24) is 9.47 Å². The molecule has 3 aromatic carbocycles. The van der Waals surface area contributed by atoms with Gasteiger partial charge in [-0.3, -0.25) is 4.90 Å². The Bertz CT molecular complexity index is 1720. The van der Waals surface area contributed by atoms with Crippen molar-refractivity contribution < 1.29 is 14.6 Å². The van der Waals surface area contributed by atoms with E-state index in [0.29, 0.717) is 30.5 Å². The van der Waals surface area contributed by atoms with Crippen LogP contribution in [0.25, 0.3) is 16.5 Å². The molecule has 0 spiro atoms. The molecule has 7 heteroatoms. The number of aryl methyl sites for hydroxylation is 3. The molecule has 4 aromatic rings. The van der Waals surface area contributed by atoms with Gasteiger partial charge in [-0.15, -0.1) is 24.2 Å². The van der Waals surface area contributed by atoms with E-state index in [0.717, 1.165) is 41.7 Å². The van der Waals surface area contributed by atoms with Crippen LogP contribution in [0, 0.1) is 20.8 Å². The van der Waals surface area contributed by atoms with Gasteiger partial charge >= 0.3 is 5.97 Å². The fourth-order valence-electron chi connectivity index (χ4n) is 7.15. The Hall–Kier alpha value is -3.19. The fraction of sp³-hybridized carbons (Fsp3) is 0.410. The molecule has 0 amide bonds. The molecule has 0 bridgehead atoms.